The van der Waals surface area contributed by atoms with E-state index in [0.29, 0.717) is 13.0 Å². The van der Waals surface area contributed by atoms with Gasteiger partial charge in [-0.3, -0.25) is 9.69 Å². The Bertz CT molecular complexity index is 295. The molecule has 0 aromatic rings. The van der Waals surface area contributed by atoms with E-state index < -0.39 is 6.03 Å². The number of hydrogen-bond donors (Lipinski definition) is 1. The molecule has 0 aromatic carbocycles. The zero-order valence-electron chi connectivity index (χ0n) is 15.9. The summed E-state index contributed by atoms with van der Waals surface area (Å²) in [6, 6.07) is -0.647. The Morgan fingerprint density at radius 3 is 1.33 bits per heavy atom. The van der Waals surface area contributed by atoms with Crippen LogP contribution >= 0.6 is 0 Å². The second kappa shape index (κ2) is 18.3. The molecule has 3 amide bonds. The van der Waals surface area contributed by atoms with Crippen molar-refractivity contribution in [2.45, 2.75) is 110 Å². The molecule has 0 aliphatic heterocycles. The Hall–Kier alpha value is -1.06. The fraction of sp³-hybridized carbons (Fsp3) is 0.900. The molecular formula is C20H40N2O2. The van der Waals surface area contributed by atoms with E-state index >= 15 is 0 Å². The van der Waals surface area contributed by atoms with Crippen LogP contribution in [0.15, 0.2) is 0 Å². The summed E-state index contributed by atoms with van der Waals surface area (Å²) in [6.45, 7) is 2.72. The minimum Gasteiger partial charge on any atom is -0.351 e. The molecule has 0 aliphatic carbocycles. The third-order valence-electron chi connectivity index (χ3n) is 4.66. The van der Waals surface area contributed by atoms with Gasteiger partial charge in [0.25, 0.3) is 0 Å². The third-order valence-corrected chi connectivity index (χ3v) is 4.66. The molecule has 0 fully saturated rings. The smallest absolute Gasteiger partial charge is 0.321 e. The van der Waals surface area contributed by atoms with Gasteiger partial charge in [0.05, 0.1) is 0 Å². The van der Waals surface area contributed by atoms with E-state index in [-0.39, 0.29) is 0 Å². The highest BCUT2D eigenvalue weighted by Crippen LogP contribution is 2.13. The number of hydrogen-bond acceptors (Lipinski definition) is 2. The first-order valence-electron chi connectivity index (χ1n) is 10.2. The van der Waals surface area contributed by atoms with E-state index in [1.54, 1.807) is 0 Å². The molecule has 0 bridgehead atoms. The van der Waals surface area contributed by atoms with Gasteiger partial charge >= 0.3 is 6.03 Å². The molecule has 0 unspecified atom stereocenters. The van der Waals surface area contributed by atoms with Crippen molar-refractivity contribution in [1.29, 1.82) is 0 Å². The largest absolute Gasteiger partial charge is 0.351 e. The number of imide groups is 1. The standard InChI is InChI=1S/C20H40N2O2/c1-2-3-4-5-6-7-8-9-10-11-12-13-14-15-16-17-18-22(19-23)20(21)24/h19H,2-18H2,1H3,(H2,21,24). The van der Waals surface area contributed by atoms with Crippen LogP contribution in [-0.2, 0) is 4.79 Å². The maximum Gasteiger partial charge on any atom is 0.321 e. The Balaban J connectivity index is 3.12. The molecule has 4 heteroatoms. The topological polar surface area (TPSA) is 63.4 Å². The van der Waals surface area contributed by atoms with Gasteiger partial charge in [-0.1, -0.05) is 103 Å². The van der Waals surface area contributed by atoms with Crippen LogP contribution < -0.4 is 5.73 Å². The third kappa shape index (κ3) is 15.8. The molecule has 0 radical (unpaired) electrons. The second-order valence-corrected chi connectivity index (χ2v) is 6.94. The lowest BCUT2D eigenvalue weighted by atomic mass is 10.0. The summed E-state index contributed by atoms with van der Waals surface area (Å²) in [7, 11) is 0. The lowest BCUT2D eigenvalue weighted by Gasteiger charge is -2.11. The minimum absolute atomic E-state index is 0.456. The van der Waals surface area contributed by atoms with Gasteiger partial charge in [-0.25, -0.2) is 4.79 Å². The normalized spacial score (nSPS) is 10.7. The second-order valence-electron chi connectivity index (χ2n) is 6.94. The predicted molar refractivity (Wildman–Crippen MR) is 102 cm³/mol. The monoisotopic (exact) mass is 340 g/mol. The Morgan fingerprint density at radius 1 is 0.708 bits per heavy atom. The first kappa shape index (κ1) is 22.9. The van der Waals surface area contributed by atoms with E-state index in [0.717, 1.165) is 17.7 Å². The maximum atomic E-state index is 10.8. The lowest BCUT2D eigenvalue weighted by molar-refractivity contribution is -0.115. The molecule has 24 heavy (non-hydrogen) atoms. The van der Waals surface area contributed by atoms with E-state index in [1.165, 1.54) is 89.9 Å². The molecule has 2 N–H and O–H groups in total. The Morgan fingerprint density at radius 2 is 1.04 bits per heavy atom. The zero-order valence-corrected chi connectivity index (χ0v) is 15.9. The highest BCUT2D eigenvalue weighted by atomic mass is 16.2. The zero-order chi connectivity index (χ0) is 17.9. The van der Waals surface area contributed by atoms with Crippen LogP contribution in [0.5, 0.6) is 0 Å². The summed E-state index contributed by atoms with van der Waals surface area (Å²) in [5, 5.41) is 0. The molecule has 0 aliphatic rings. The van der Waals surface area contributed by atoms with Gasteiger partial charge in [-0.15, -0.1) is 0 Å². The van der Waals surface area contributed by atoms with E-state index in [2.05, 4.69) is 6.92 Å². The summed E-state index contributed by atoms with van der Waals surface area (Å²) in [5.41, 5.74) is 5.07. The van der Waals surface area contributed by atoms with Gasteiger partial charge in [-0.05, 0) is 6.42 Å². The highest BCUT2D eigenvalue weighted by molar-refractivity contribution is 5.83. The van der Waals surface area contributed by atoms with E-state index in [9.17, 15) is 9.59 Å². The van der Waals surface area contributed by atoms with Crippen molar-refractivity contribution in [2.24, 2.45) is 5.73 Å². The molecular weight excluding hydrogens is 300 g/mol. The molecule has 142 valence electrons. The number of carbonyl (C=O) groups is 2. The first-order valence-corrected chi connectivity index (χ1v) is 10.2. The van der Waals surface area contributed by atoms with Gasteiger partial charge in [0.15, 0.2) is 0 Å². The van der Waals surface area contributed by atoms with E-state index in [4.69, 9.17) is 5.73 Å². The van der Waals surface area contributed by atoms with Crippen LogP contribution in [0, 0.1) is 0 Å². The lowest BCUT2D eigenvalue weighted by Crippen LogP contribution is -2.35. The van der Waals surface area contributed by atoms with Crippen molar-refractivity contribution < 1.29 is 9.59 Å². The number of amides is 3. The minimum atomic E-state index is -0.647. The van der Waals surface area contributed by atoms with Gasteiger partial charge in [0.2, 0.25) is 6.41 Å². The predicted octanol–water partition coefficient (Wildman–Crippen LogP) is 5.79. The quantitative estimate of drug-likeness (QED) is 0.254. The van der Waals surface area contributed by atoms with Gasteiger partial charge < -0.3 is 5.73 Å². The van der Waals surface area contributed by atoms with Crippen LogP contribution in [0.25, 0.3) is 0 Å². The Labute approximate surface area is 149 Å². The maximum absolute atomic E-state index is 10.8. The molecule has 0 atom stereocenters. The summed E-state index contributed by atoms with van der Waals surface area (Å²) in [4.78, 5) is 22.4. The number of nitrogens with two attached hydrogens (primary N) is 1. The average Bonchev–Trinajstić information content (AvgIpc) is 2.57. The fourth-order valence-electron chi connectivity index (χ4n) is 3.05. The SMILES string of the molecule is CCCCCCCCCCCCCCCCCCN(C=O)C(N)=O. The van der Waals surface area contributed by atoms with Crippen molar-refractivity contribution >= 4 is 12.4 Å². The molecule has 0 aromatic heterocycles. The number of carbonyl (C=O) groups excluding carboxylic acids is 2. The first-order chi connectivity index (χ1) is 11.7. The number of primary amides is 1. The van der Waals surface area contributed by atoms with Crippen molar-refractivity contribution in [3.63, 3.8) is 0 Å². The highest BCUT2D eigenvalue weighted by Gasteiger charge is 2.06. The van der Waals surface area contributed by atoms with Crippen molar-refractivity contribution in [3.05, 3.63) is 0 Å². The number of urea groups is 1. The van der Waals surface area contributed by atoms with Crippen molar-refractivity contribution in [2.75, 3.05) is 6.54 Å². The Kier molecular flexibility index (Phi) is 17.5. The van der Waals surface area contributed by atoms with Gasteiger partial charge in [-0.2, -0.15) is 0 Å². The molecule has 0 spiro atoms. The van der Waals surface area contributed by atoms with Crippen molar-refractivity contribution in [3.8, 4) is 0 Å². The summed E-state index contributed by atoms with van der Waals surface area (Å²) in [5.74, 6) is 0. The molecule has 0 heterocycles. The molecule has 4 nitrogen and oxygen atoms in total. The molecule has 0 saturated carbocycles. The summed E-state index contributed by atoms with van der Waals surface area (Å²) in [6.07, 6.45) is 21.6. The van der Waals surface area contributed by atoms with Crippen LogP contribution in [0.2, 0.25) is 0 Å². The van der Waals surface area contributed by atoms with Gasteiger partial charge in [0.1, 0.15) is 0 Å². The van der Waals surface area contributed by atoms with Crippen LogP contribution in [0.4, 0.5) is 4.79 Å². The summed E-state index contributed by atoms with van der Waals surface area (Å²) >= 11 is 0. The van der Waals surface area contributed by atoms with Gasteiger partial charge in [0, 0.05) is 6.54 Å². The van der Waals surface area contributed by atoms with Crippen LogP contribution in [0.1, 0.15) is 110 Å². The summed E-state index contributed by atoms with van der Waals surface area (Å²) < 4.78 is 0. The van der Waals surface area contributed by atoms with Crippen molar-refractivity contribution in [1.82, 2.24) is 4.90 Å². The van der Waals surface area contributed by atoms with E-state index in [1.807, 2.05) is 0 Å². The average molecular weight is 341 g/mol. The fourth-order valence-corrected chi connectivity index (χ4v) is 3.05. The van der Waals surface area contributed by atoms with Crippen LogP contribution in [-0.4, -0.2) is 23.9 Å². The number of rotatable bonds is 18. The molecule has 0 saturated heterocycles. The number of unbranched alkanes of at least 4 members (excludes halogenated alkanes) is 15. The number of nitrogens with zero attached hydrogens (tertiary/aromatic N) is 1. The molecule has 0 rings (SSSR count). The van der Waals surface area contributed by atoms with Crippen LogP contribution in [0.3, 0.4) is 0 Å².